The van der Waals surface area contributed by atoms with Crippen LogP contribution in [0.3, 0.4) is 0 Å². The van der Waals surface area contributed by atoms with Crippen LogP contribution >= 0.6 is 27.7 Å². The molecule has 0 aliphatic rings. The molecule has 0 saturated heterocycles. The molecule has 3 heterocycles. The second-order valence-corrected chi connectivity index (χ2v) is 10.3. The van der Waals surface area contributed by atoms with Gasteiger partial charge in [-0.05, 0) is 40.4 Å². The minimum Gasteiger partial charge on any atom is -0.394 e. The average molecular weight is 552 g/mol. The summed E-state index contributed by atoms with van der Waals surface area (Å²) in [6.07, 6.45) is -0.174. The Hall–Kier alpha value is -2.19. The van der Waals surface area contributed by atoms with E-state index in [0.29, 0.717) is 12.2 Å². The lowest BCUT2D eigenvalue weighted by Crippen LogP contribution is -2.09. The number of nitrogens with zero attached hydrogens (tertiary/aromatic N) is 5. The van der Waals surface area contributed by atoms with Crippen molar-refractivity contribution in [1.82, 2.24) is 19.6 Å². The summed E-state index contributed by atoms with van der Waals surface area (Å²) in [5.74, 6) is 0.383. The van der Waals surface area contributed by atoms with E-state index in [4.69, 9.17) is 4.84 Å². The number of pyridine rings is 2. The predicted octanol–water partition coefficient (Wildman–Crippen LogP) is 4.04. The van der Waals surface area contributed by atoms with Crippen molar-refractivity contribution in [3.63, 3.8) is 0 Å². The van der Waals surface area contributed by atoms with E-state index in [1.807, 2.05) is 6.26 Å². The minimum absolute atomic E-state index is 0.0727. The van der Waals surface area contributed by atoms with Crippen LogP contribution in [0.1, 0.15) is 18.1 Å². The minimum atomic E-state index is -4.55. The molecule has 0 bridgehead atoms. The third-order valence-electron chi connectivity index (χ3n) is 4.21. The van der Waals surface area contributed by atoms with Gasteiger partial charge in [-0.25, -0.2) is 17.9 Å². The molecular formula is C18H17BrF3N5O3S2. The first kappa shape index (κ1) is 24.5. The van der Waals surface area contributed by atoms with Crippen LogP contribution in [-0.4, -0.2) is 57.0 Å². The molecule has 0 spiro atoms. The topological polar surface area (TPSA) is 98.8 Å². The molecule has 8 nitrogen and oxygen atoms in total. The molecule has 0 amide bonds. The van der Waals surface area contributed by atoms with Crippen molar-refractivity contribution in [2.75, 3.05) is 24.4 Å². The fourth-order valence-electron chi connectivity index (χ4n) is 2.55. The lowest BCUT2D eigenvalue weighted by Gasteiger charge is -2.08. The summed E-state index contributed by atoms with van der Waals surface area (Å²) in [6, 6.07) is 3.03. The van der Waals surface area contributed by atoms with Gasteiger partial charge in [0.2, 0.25) is 5.82 Å². The molecule has 0 aliphatic heterocycles. The first-order chi connectivity index (χ1) is 15.1. The summed E-state index contributed by atoms with van der Waals surface area (Å²) in [4.78, 5) is 13.2. The van der Waals surface area contributed by atoms with E-state index < -0.39 is 21.6 Å². The summed E-state index contributed by atoms with van der Waals surface area (Å²) in [7, 11) is -3.78. The lowest BCUT2D eigenvalue weighted by molar-refractivity contribution is -0.137. The molecule has 0 saturated carbocycles. The Bertz CT molecular complexity index is 1260. The maximum Gasteiger partial charge on any atom is 0.416 e. The van der Waals surface area contributed by atoms with Crippen molar-refractivity contribution in [3.05, 3.63) is 41.7 Å². The molecule has 172 valence electrons. The Morgan fingerprint density at radius 3 is 2.75 bits per heavy atom. The molecule has 0 radical (unpaired) electrons. The Balaban J connectivity index is 2.08. The van der Waals surface area contributed by atoms with Crippen LogP contribution < -0.4 is 0 Å². The van der Waals surface area contributed by atoms with Crippen LogP contribution in [0.4, 0.5) is 13.2 Å². The molecule has 0 aliphatic carbocycles. The van der Waals surface area contributed by atoms with Crippen LogP contribution in [0.25, 0.3) is 17.2 Å². The Morgan fingerprint density at radius 1 is 1.34 bits per heavy atom. The monoisotopic (exact) mass is 551 g/mol. The summed E-state index contributed by atoms with van der Waals surface area (Å²) in [6.45, 7) is 1.83. The number of rotatable bonds is 8. The van der Waals surface area contributed by atoms with Gasteiger partial charge >= 0.3 is 6.18 Å². The molecule has 0 aromatic carbocycles. The van der Waals surface area contributed by atoms with E-state index in [1.54, 1.807) is 11.8 Å². The zero-order valence-corrected chi connectivity index (χ0v) is 20.0. The van der Waals surface area contributed by atoms with Crippen LogP contribution in [0.15, 0.2) is 40.6 Å². The third kappa shape index (κ3) is 5.41. The number of fused-ring (bicyclic) bond motifs is 1. The van der Waals surface area contributed by atoms with Gasteiger partial charge in [-0.2, -0.15) is 24.9 Å². The van der Waals surface area contributed by atoms with Crippen molar-refractivity contribution in [2.24, 2.45) is 5.16 Å². The summed E-state index contributed by atoms with van der Waals surface area (Å²) in [5.41, 5.74) is -0.717. The largest absolute Gasteiger partial charge is 0.416 e. The van der Waals surface area contributed by atoms with Gasteiger partial charge in [-0.15, -0.1) is 5.10 Å². The quantitative estimate of drug-likeness (QED) is 0.236. The standard InChI is InChI=1S/C18H17BrF3N5O3S2/c1-3-32(28,29)13-8-11(16(19)26-30-6-7-31-2)10-23-15(13)17-24-14-9-12(18(20,21)22)4-5-27(14)25-17/h4-5,8-10H,3,6-7H2,1-2H3. The van der Waals surface area contributed by atoms with Crippen molar-refractivity contribution in [2.45, 2.75) is 18.0 Å². The van der Waals surface area contributed by atoms with Crippen molar-refractivity contribution in [1.29, 1.82) is 0 Å². The van der Waals surface area contributed by atoms with Gasteiger partial charge in [0, 0.05) is 23.7 Å². The number of halogens is 4. The number of aromatic nitrogens is 4. The smallest absolute Gasteiger partial charge is 0.394 e. The normalized spacial score (nSPS) is 13.0. The Labute approximate surface area is 194 Å². The number of alkyl halides is 3. The number of hydrogen-bond acceptors (Lipinski definition) is 8. The van der Waals surface area contributed by atoms with E-state index in [2.05, 4.69) is 36.2 Å². The van der Waals surface area contributed by atoms with Gasteiger partial charge in [0.05, 0.1) is 16.2 Å². The molecule has 0 atom stereocenters. The first-order valence-electron chi connectivity index (χ1n) is 9.08. The lowest BCUT2D eigenvalue weighted by atomic mass is 10.2. The molecule has 3 aromatic rings. The molecule has 0 fully saturated rings. The average Bonchev–Trinajstić information content (AvgIpc) is 3.19. The van der Waals surface area contributed by atoms with Gasteiger partial charge in [-0.3, -0.25) is 4.98 Å². The van der Waals surface area contributed by atoms with Crippen LogP contribution in [0.2, 0.25) is 0 Å². The number of thioether (sulfide) groups is 1. The van der Waals surface area contributed by atoms with Gasteiger partial charge in [-0.1, -0.05) is 12.1 Å². The molecule has 0 unspecified atom stereocenters. The molecule has 32 heavy (non-hydrogen) atoms. The zero-order chi connectivity index (χ0) is 23.5. The number of sulfone groups is 1. The predicted molar refractivity (Wildman–Crippen MR) is 119 cm³/mol. The number of hydrogen-bond donors (Lipinski definition) is 0. The maximum atomic E-state index is 13.0. The number of oxime groups is 1. The van der Waals surface area contributed by atoms with E-state index in [-0.39, 0.29) is 32.4 Å². The third-order valence-corrected chi connectivity index (χ3v) is 7.13. The Kier molecular flexibility index (Phi) is 7.45. The van der Waals surface area contributed by atoms with Gasteiger partial charge < -0.3 is 4.84 Å². The van der Waals surface area contributed by atoms with Gasteiger partial charge in [0.15, 0.2) is 20.1 Å². The van der Waals surface area contributed by atoms with Crippen molar-refractivity contribution >= 4 is 47.8 Å². The Morgan fingerprint density at radius 2 is 2.09 bits per heavy atom. The van der Waals surface area contributed by atoms with Gasteiger partial charge in [0.25, 0.3) is 0 Å². The van der Waals surface area contributed by atoms with E-state index in [1.165, 1.54) is 19.2 Å². The molecule has 0 N–H and O–H groups in total. The molecule has 14 heteroatoms. The first-order valence-corrected chi connectivity index (χ1v) is 12.9. The van der Waals surface area contributed by atoms with Crippen molar-refractivity contribution < 1.29 is 26.4 Å². The van der Waals surface area contributed by atoms with Crippen LogP contribution in [0.5, 0.6) is 0 Å². The molecule has 3 aromatic heterocycles. The fourth-order valence-corrected chi connectivity index (χ4v) is 4.17. The summed E-state index contributed by atoms with van der Waals surface area (Å²) in [5, 5.41) is 8.00. The van der Waals surface area contributed by atoms with E-state index in [0.717, 1.165) is 28.6 Å². The SMILES string of the molecule is CCS(=O)(=O)c1cc(C(Br)=NOCCSC)cnc1-c1nc2cc(C(F)(F)F)ccn2n1. The van der Waals surface area contributed by atoms with Crippen molar-refractivity contribution in [3.8, 4) is 11.5 Å². The highest BCUT2D eigenvalue weighted by atomic mass is 79.9. The second-order valence-electron chi connectivity index (χ2n) is 6.33. The second kappa shape index (κ2) is 9.75. The summed E-state index contributed by atoms with van der Waals surface area (Å²) < 4.78 is 65.8. The highest BCUT2D eigenvalue weighted by Gasteiger charge is 2.31. The van der Waals surface area contributed by atoms with E-state index in [9.17, 15) is 21.6 Å². The molecule has 3 rings (SSSR count). The molecular weight excluding hydrogens is 535 g/mol. The highest BCUT2D eigenvalue weighted by molar-refractivity contribution is 9.18. The van der Waals surface area contributed by atoms with Crippen LogP contribution in [0, 0.1) is 0 Å². The highest BCUT2D eigenvalue weighted by Crippen LogP contribution is 2.31. The van der Waals surface area contributed by atoms with Crippen LogP contribution in [-0.2, 0) is 20.9 Å². The maximum absolute atomic E-state index is 13.0. The summed E-state index contributed by atoms with van der Waals surface area (Å²) >= 11 is 4.82. The van der Waals surface area contributed by atoms with E-state index >= 15 is 0 Å². The zero-order valence-electron chi connectivity index (χ0n) is 16.8. The fraction of sp³-hybridized carbons (Fsp3) is 0.333. The van der Waals surface area contributed by atoms with Gasteiger partial charge in [0.1, 0.15) is 12.3 Å².